The molecule has 2 atom stereocenters. The van der Waals surface area contributed by atoms with E-state index in [-0.39, 0.29) is 24.8 Å². The van der Waals surface area contributed by atoms with Crippen molar-refractivity contribution in [1.29, 1.82) is 0 Å². The van der Waals surface area contributed by atoms with Crippen LogP contribution in [-0.2, 0) is 24.2 Å². The predicted octanol–water partition coefficient (Wildman–Crippen LogP) is -0.867. The van der Waals surface area contributed by atoms with Gasteiger partial charge in [-0.15, -0.1) is 29.2 Å². The largest absolute Gasteiger partial charge is 1.00 e. The van der Waals surface area contributed by atoms with Gasteiger partial charge in [0.15, 0.2) is 0 Å². The van der Waals surface area contributed by atoms with Crippen LogP contribution in [-0.4, -0.2) is 3.21 Å². The van der Waals surface area contributed by atoms with E-state index in [0.717, 1.165) is 18.3 Å². The van der Waals surface area contributed by atoms with E-state index in [9.17, 15) is 0 Å². The van der Waals surface area contributed by atoms with Crippen molar-refractivity contribution >= 4 is 3.21 Å². The SMILES string of the molecule is CCC1CC2CC=CC=C2[C-]1C1=CC=CC1.C[C](C)=[Zr+2].[Cl-].[Cl-]. The summed E-state index contributed by atoms with van der Waals surface area (Å²) in [6.45, 7) is 6.58. The number of hydrogen-bond donors (Lipinski definition) is 0. The van der Waals surface area contributed by atoms with E-state index in [1.165, 1.54) is 22.5 Å². The van der Waals surface area contributed by atoms with Gasteiger partial charge in [0.2, 0.25) is 0 Å². The summed E-state index contributed by atoms with van der Waals surface area (Å²) in [4.78, 5) is 0. The zero-order chi connectivity index (χ0) is 14.5. The summed E-state index contributed by atoms with van der Waals surface area (Å²) in [5, 5.41) is 0. The van der Waals surface area contributed by atoms with Crippen LogP contribution in [0.3, 0.4) is 0 Å². The summed E-state index contributed by atoms with van der Waals surface area (Å²) < 4.78 is 1.51. The van der Waals surface area contributed by atoms with Gasteiger partial charge in [0.05, 0.1) is 0 Å². The van der Waals surface area contributed by atoms with E-state index in [4.69, 9.17) is 0 Å². The van der Waals surface area contributed by atoms with Gasteiger partial charge in [-0.05, 0) is 18.8 Å². The Balaban J connectivity index is 0.000000665. The van der Waals surface area contributed by atoms with Crippen molar-refractivity contribution in [3.63, 3.8) is 0 Å². The van der Waals surface area contributed by atoms with Gasteiger partial charge >= 0.3 is 41.3 Å². The van der Waals surface area contributed by atoms with Gasteiger partial charge in [-0.3, -0.25) is 0 Å². The number of rotatable bonds is 2. The van der Waals surface area contributed by atoms with E-state index in [0.29, 0.717) is 0 Å². The van der Waals surface area contributed by atoms with Crippen molar-refractivity contribution in [3.05, 3.63) is 53.5 Å². The van der Waals surface area contributed by atoms with Crippen molar-refractivity contribution in [3.8, 4) is 0 Å². The maximum atomic E-state index is 2.36. The Labute approximate surface area is 163 Å². The fourth-order valence-corrected chi connectivity index (χ4v) is 3.37. The third kappa shape index (κ3) is 5.66. The maximum absolute atomic E-state index is 2.36. The summed E-state index contributed by atoms with van der Waals surface area (Å²) in [5.74, 6) is 3.30. The first-order valence-electron chi connectivity index (χ1n) is 7.75. The molecule has 2 unspecified atom stereocenters. The number of hydrogen-bond acceptors (Lipinski definition) is 0. The average molecular weight is 416 g/mol. The van der Waals surface area contributed by atoms with Crippen molar-refractivity contribution in [1.82, 2.24) is 0 Å². The van der Waals surface area contributed by atoms with E-state index >= 15 is 0 Å². The van der Waals surface area contributed by atoms with Crippen molar-refractivity contribution in [2.24, 2.45) is 11.8 Å². The molecule has 3 rings (SSSR count). The van der Waals surface area contributed by atoms with Crippen LogP contribution in [0.5, 0.6) is 0 Å². The second-order valence-electron chi connectivity index (χ2n) is 6.06. The molecule has 1 fully saturated rings. The van der Waals surface area contributed by atoms with Crippen LogP contribution in [0.1, 0.15) is 46.5 Å². The van der Waals surface area contributed by atoms with Gasteiger partial charge < -0.3 is 24.8 Å². The standard InChI is InChI=1S/C16H19.C3H6.2ClH.Zr/c1-2-12-11-14-9-5-6-10-15(14)16(12)13-7-3-4-8-13;1-3-2;;;/h3-7,10,12,14H,2,8-9,11H2,1H3;1-2H3;2*1H;/q-1;;;;+2/p-2. The zero-order valence-corrected chi connectivity index (χ0v) is 17.7. The Morgan fingerprint density at radius 3 is 2.36 bits per heavy atom. The molecule has 0 aromatic carbocycles. The summed E-state index contributed by atoms with van der Waals surface area (Å²) in [5.41, 5.74) is 3.22. The van der Waals surface area contributed by atoms with E-state index in [1.807, 2.05) is 0 Å². The first kappa shape index (κ1) is 22.2. The van der Waals surface area contributed by atoms with Gasteiger partial charge in [-0.2, -0.15) is 12.2 Å². The number of fused-ring (bicyclic) bond motifs is 1. The van der Waals surface area contributed by atoms with Crippen LogP contribution in [0.15, 0.2) is 47.6 Å². The van der Waals surface area contributed by atoms with Crippen LogP contribution in [0.25, 0.3) is 0 Å². The molecule has 120 valence electrons. The second kappa shape index (κ2) is 10.8. The third-order valence-electron chi connectivity index (χ3n) is 4.17. The normalized spacial score (nSPS) is 24.3. The van der Waals surface area contributed by atoms with Crippen LogP contribution >= 0.6 is 0 Å². The molecular weight excluding hydrogens is 390 g/mol. The molecule has 0 N–H and O–H groups in total. The van der Waals surface area contributed by atoms with Crippen LogP contribution in [0, 0.1) is 17.8 Å². The Morgan fingerprint density at radius 2 is 1.82 bits per heavy atom. The van der Waals surface area contributed by atoms with Crippen molar-refractivity contribution < 1.29 is 49.0 Å². The van der Waals surface area contributed by atoms with E-state index in [1.54, 1.807) is 41.3 Å². The molecule has 3 aliphatic carbocycles. The fourth-order valence-electron chi connectivity index (χ4n) is 3.37. The van der Waals surface area contributed by atoms with Gasteiger partial charge in [-0.1, -0.05) is 37.8 Å². The van der Waals surface area contributed by atoms with Crippen LogP contribution in [0.4, 0.5) is 0 Å². The summed E-state index contributed by atoms with van der Waals surface area (Å²) in [7, 11) is 0. The van der Waals surface area contributed by atoms with Gasteiger partial charge in [0.1, 0.15) is 0 Å². The Bertz CT molecular complexity index is 482. The molecule has 0 aromatic heterocycles. The molecule has 0 heterocycles. The maximum Gasteiger partial charge on any atom is -1.00 e. The number of halogens is 2. The molecule has 0 saturated heterocycles. The monoisotopic (exact) mass is 413 g/mol. The molecule has 0 aliphatic heterocycles. The minimum Gasteiger partial charge on any atom is -1.00 e. The summed E-state index contributed by atoms with van der Waals surface area (Å²) in [6, 6.07) is 0. The van der Waals surface area contributed by atoms with Crippen molar-refractivity contribution in [2.75, 3.05) is 0 Å². The smallest absolute Gasteiger partial charge is 1.00 e. The fraction of sp³-hybridized carbons (Fsp3) is 0.474. The molecule has 0 nitrogen and oxygen atoms in total. The first-order chi connectivity index (χ1) is 9.63. The summed E-state index contributed by atoms with van der Waals surface area (Å²) in [6.07, 6.45) is 18.8. The molecule has 3 heteroatoms. The molecule has 0 bridgehead atoms. The predicted molar refractivity (Wildman–Crippen MR) is 85.2 cm³/mol. The second-order valence-corrected chi connectivity index (χ2v) is 8.52. The van der Waals surface area contributed by atoms with Gasteiger partial charge in [-0.25, -0.2) is 0 Å². The Hall–Kier alpha value is 0.163. The molecule has 0 amide bonds. The minimum atomic E-state index is 0. The molecule has 3 aliphatic rings. The van der Waals surface area contributed by atoms with Gasteiger partial charge in [0, 0.05) is 0 Å². The van der Waals surface area contributed by atoms with Crippen molar-refractivity contribution in [2.45, 2.75) is 46.5 Å². The molecule has 1 saturated carbocycles. The summed E-state index contributed by atoms with van der Waals surface area (Å²) >= 11 is 1.55. The zero-order valence-electron chi connectivity index (χ0n) is 13.7. The molecule has 0 radical (unpaired) electrons. The minimum absolute atomic E-state index is 0. The van der Waals surface area contributed by atoms with Crippen LogP contribution in [0.2, 0.25) is 0 Å². The molecular formula is C19H25Cl2Zr-. The Morgan fingerprint density at radius 1 is 1.18 bits per heavy atom. The quantitative estimate of drug-likeness (QED) is 0.515. The first-order valence-corrected chi connectivity index (χ1v) is 8.98. The topological polar surface area (TPSA) is 0 Å². The molecule has 22 heavy (non-hydrogen) atoms. The molecule has 0 aromatic rings. The van der Waals surface area contributed by atoms with E-state index in [2.05, 4.69) is 57.2 Å². The average Bonchev–Trinajstić information content (AvgIpc) is 3.04. The number of allylic oxidation sites excluding steroid dienone is 8. The van der Waals surface area contributed by atoms with E-state index < -0.39 is 0 Å². The Kier molecular flexibility index (Phi) is 10.9. The third-order valence-corrected chi connectivity index (χ3v) is 4.17. The van der Waals surface area contributed by atoms with Gasteiger partial charge in [0.25, 0.3) is 0 Å². The molecule has 0 spiro atoms. The van der Waals surface area contributed by atoms with Crippen LogP contribution < -0.4 is 24.8 Å².